The topological polar surface area (TPSA) is 86.5 Å². The van der Waals surface area contributed by atoms with Gasteiger partial charge in [-0.25, -0.2) is 0 Å². The van der Waals surface area contributed by atoms with Gasteiger partial charge in [0.15, 0.2) is 0 Å². The lowest BCUT2D eigenvalue weighted by molar-refractivity contribution is -0.385. The minimum Gasteiger partial charge on any atom is -0.265 e. The van der Waals surface area contributed by atoms with E-state index in [1.807, 2.05) is 0 Å². The molecule has 0 radical (unpaired) electrons. The maximum atomic E-state index is 13.4. The van der Waals surface area contributed by atoms with Crippen LogP contribution in [-0.2, 0) is 14.3 Å². The van der Waals surface area contributed by atoms with Gasteiger partial charge < -0.3 is 0 Å². The number of non-ortho nitro benzene ring substituents is 1. The molecular weight excluding hydrogens is 387 g/mol. The fraction of sp³-hybridized carbons (Fsp3) is 0.294. The molecule has 2 rings (SSSR count). The number of alkyl halides is 3. The Bertz CT molecular complexity index is 957. The summed E-state index contributed by atoms with van der Waals surface area (Å²) < 4.78 is 69.2. The molecule has 0 bridgehead atoms. The summed E-state index contributed by atoms with van der Waals surface area (Å²) in [7, 11) is -4.60. The first-order valence-corrected chi connectivity index (χ1v) is 9.10. The molecule has 6 nitrogen and oxygen atoms in total. The predicted molar refractivity (Wildman–Crippen MR) is 90.9 cm³/mol. The predicted octanol–water partition coefficient (Wildman–Crippen LogP) is 4.26. The fourth-order valence-corrected chi connectivity index (χ4v) is 3.30. The molecular formula is C17H16F3NO5S. The number of halogens is 3. The first kappa shape index (κ1) is 20.8. The van der Waals surface area contributed by atoms with Crippen molar-refractivity contribution in [3.63, 3.8) is 0 Å². The Morgan fingerprint density at radius 1 is 1.11 bits per heavy atom. The van der Waals surface area contributed by atoms with Gasteiger partial charge in [-0.05, 0) is 36.6 Å². The molecule has 0 aliphatic rings. The van der Waals surface area contributed by atoms with Crippen molar-refractivity contribution in [1.29, 1.82) is 0 Å². The average molecular weight is 403 g/mol. The van der Waals surface area contributed by atoms with Crippen LogP contribution in [0.15, 0.2) is 47.4 Å². The first-order chi connectivity index (χ1) is 12.4. The van der Waals surface area contributed by atoms with Crippen LogP contribution in [0.3, 0.4) is 0 Å². The van der Waals surface area contributed by atoms with Crippen LogP contribution in [0.5, 0.6) is 0 Å². The lowest BCUT2D eigenvalue weighted by Gasteiger charge is -2.21. The van der Waals surface area contributed by atoms with Crippen LogP contribution in [-0.4, -0.2) is 26.1 Å². The quantitative estimate of drug-likeness (QED) is 0.409. The normalized spacial score (nSPS) is 13.4. The molecule has 0 fully saturated rings. The molecule has 0 aromatic heterocycles. The zero-order chi connectivity index (χ0) is 20.4. The second-order valence-corrected chi connectivity index (χ2v) is 7.55. The van der Waals surface area contributed by atoms with E-state index in [1.54, 1.807) is 13.8 Å². The van der Waals surface area contributed by atoms with Gasteiger partial charge >= 0.3 is 6.18 Å². The summed E-state index contributed by atoms with van der Waals surface area (Å²) in [6, 6.07) is 8.03. The van der Waals surface area contributed by atoms with Gasteiger partial charge in [-0.2, -0.15) is 21.6 Å². The van der Waals surface area contributed by atoms with Crippen molar-refractivity contribution in [3.8, 4) is 0 Å². The third-order valence-corrected chi connectivity index (χ3v) is 5.31. The second-order valence-electron chi connectivity index (χ2n) is 5.93. The summed E-state index contributed by atoms with van der Waals surface area (Å²) in [6.45, 7) is 2.22. The monoisotopic (exact) mass is 403 g/mol. The van der Waals surface area contributed by atoms with E-state index in [0.29, 0.717) is 5.56 Å². The van der Waals surface area contributed by atoms with E-state index in [2.05, 4.69) is 4.18 Å². The molecule has 0 unspecified atom stereocenters. The third kappa shape index (κ3) is 5.04. The van der Waals surface area contributed by atoms with Gasteiger partial charge in [0.2, 0.25) is 0 Å². The highest BCUT2D eigenvalue weighted by molar-refractivity contribution is 7.86. The minimum absolute atomic E-state index is 0.125. The molecule has 0 saturated heterocycles. The molecule has 2 aromatic rings. The average Bonchev–Trinajstić information content (AvgIpc) is 2.57. The SMILES string of the molecule is Cc1ccc([C@H](COS(=O)(=O)c2cccc([N+](=O)[O-])c2)C(F)(F)F)cc1C. The molecule has 0 aliphatic carbocycles. The summed E-state index contributed by atoms with van der Waals surface area (Å²) in [5.74, 6) is -2.16. The van der Waals surface area contributed by atoms with Gasteiger partial charge in [0.25, 0.3) is 15.8 Å². The Morgan fingerprint density at radius 2 is 1.78 bits per heavy atom. The summed E-state index contributed by atoms with van der Waals surface area (Å²) in [5, 5.41) is 10.7. The van der Waals surface area contributed by atoms with Crippen LogP contribution in [0.25, 0.3) is 0 Å². The van der Waals surface area contributed by atoms with Gasteiger partial charge in [-0.3, -0.25) is 14.3 Å². The van der Waals surface area contributed by atoms with Crippen LogP contribution in [0, 0.1) is 24.0 Å². The van der Waals surface area contributed by atoms with Crippen molar-refractivity contribution in [3.05, 3.63) is 69.3 Å². The number of nitro benzene ring substituents is 1. The lowest BCUT2D eigenvalue weighted by atomic mass is 9.96. The maximum Gasteiger partial charge on any atom is 0.398 e. The van der Waals surface area contributed by atoms with Crippen molar-refractivity contribution >= 4 is 15.8 Å². The minimum atomic E-state index is -4.74. The standard InChI is InChI=1S/C17H16F3NO5S/c1-11-6-7-13(8-12(11)2)16(17(18,19)20)10-26-27(24,25)15-5-3-4-14(9-15)21(22)23/h3-9,16H,10H2,1-2H3/t16-/m0/s1. The molecule has 10 heteroatoms. The zero-order valence-electron chi connectivity index (χ0n) is 14.4. The van der Waals surface area contributed by atoms with E-state index < -0.39 is 44.3 Å². The smallest absolute Gasteiger partial charge is 0.265 e. The van der Waals surface area contributed by atoms with E-state index in [1.165, 1.54) is 18.2 Å². The number of hydrogen-bond acceptors (Lipinski definition) is 5. The van der Waals surface area contributed by atoms with E-state index in [9.17, 15) is 31.7 Å². The molecule has 1 atom stereocenters. The fourth-order valence-electron chi connectivity index (χ4n) is 2.34. The highest BCUT2D eigenvalue weighted by atomic mass is 32.2. The van der Waals surface area contributed by atoms with Gasteiger partial charge in [0, 0.05) is 12.1 Å². The number of benzene rings is 2. The van der Waals surface area contributed by atoms with E-state index in [0.717, 1.165) is 29.8 Å². The Morgan fingerprint density at radius 3 is 2.33 bits per heavy atom. The van der Waals surface area contributed by atoms with Crippen molar-refractivity contribution in [2.24, 2.45) is 0 Å². The van der Waals surface area contributed by atoms with Crippen LogP contribution >= 0.6 is 0 Å². The number of nitrogens with zero attached hydrogens (tertiary/aromatic N) is 1. The largest absolute Gasteiger partial charge is 0.398 e. The summed E-state index contributed by atoms with van der Waals surface area (Å²) >= 11 is 0. The van der Waals surface area contributed by atoms with Crippen LogP contribution in [0.2, 0.25) is 0 Å². The van der Waals surface area contributed by atoms with E-state index in [-0.39, 0.29) is 5.56 Å². The molecule has 0 spiro atoms. The molecule has 27 heavy (non-hydrogen) atoms. The Balaban J connectivity index is 2.30. The van der Waals surface area contributed by atoms with Crippen LogP contribution in [0.1, 0.15) is 22.6 Å². The molecule has 0 amide bonds. The third-order valence-electron chi connectivity index (χ3n) is 4.04. The molecule has 146 valence electrons. The molecule has 0 N–H and O–H groups in total. The number of aryl methyl sites for hydroxylation is 2. The highest BCUT2D eigenvalue weighted by Crippen LogP contribution is 2.36. The van der Waals surface area contributed by atoms with Crippen LogP contribution in [0.4, 0.5) is 18.9 Å². The Kier molecular flexibility index (Phi) is 5.91. The summed E-state index contributed by atoms with van der Waals surface area (Å²) in [4.78, 5) is 9.34. The first-order valence-electron chi connectivity index (χ1n) is 7.69. The molecule has 2 aromatic carbocycles. The number of rotatable bonds is 6. The summed E-state index contributed by atoms with van der Waals surface area (Å²) in [6.07, 6.45) is -4.74. The number of nitro groups is 1. The highest BCUT2D eigenvalue weighted by Gasteiger charge is 2.42. The van der Waals surface area contributed by atoms with Gasteiger partial charge in [0.1, 0.15) is 10.8 Å². The van der Waals surface area contributed by atoms with Crippen molar-refractivity contribution in [2.75, 3.05) is 6.61 Å². The Labute approximate surface area is 153 Å². The zero-order valence-corrected chi connectivity index (χ0v) is 15.2. The van der Waals surface area contributed by atoms with Gasteiger partial charge in [0.05, 0.1) is 11.5 Å². The van der Waals surface area contributed by atoms with Crippen molar-refractivity contribution < 1.29 is 30.7 Å². The summed E-state index contributed by atoms with van der Waals surface area (Å²) in [5.41, 5.74) is 0.786. The van der Waals surface area contributed by atoms with Crippen molar-refractivity contribution in [2.45, 2.75) is 30.8 Å². The Hall–Kier alpha value is -2.46. The molecule has 0 saturated carbocycles. The molecule has 0 heterocycles. The van der Waals surface area contributed by atoms with Crippen molar-refractivity contribution in [1.82, 2.24) is 0 Å². The van der Waals surface area contributed by atoms with Gasteiger partial charge in [-0.1, -0.05) is 24.3 Å². The maximum absolute atomic E-state index is 13.4. The van der Waals surface area contributed by atoms with E-state index >= 15 is 0 Å². The van der Waals surface area contributed by atoms with Gasteiger partial charge in [-0.15, -0.1) is 0 Å². The number of hydrogen-bond donors (Lipinski definition) is 0. The van der Waals surface area contributed by atoms with E-state index in [4.69, 9.17) is 0 Å². The second kappa shape index (κ2) is 7.65. The lowest BCUT2D eigenvalue weighted by Crippen LogP contribution is -2.27. The van der Waals surface area contributed by atoms with Crippen LogP contribution < -0.4 is 0 Å². The molecule has 0 aliphatic heterocycles.